The molecule has 1 aromatic heterocycles. The van der Waals surface area contributed by atoms with E-state index in [4.69, 9.17) is 15.2 Å². The van der Waals surface area contributed by atoms with Crippen LogP contribution in [0, 0.1) is 22.0 Å². The summed E-state index contributed by atoms with van der Waals surface area (Å²) in [6.45, 7) is 5.45. The second kappa shape index (κ2) is 15.5. The van der Waals surface area contributed by atoms with Gasteiger partial charge >= 0.3 is 17.6 Å². The lowest BCUT2D eigenvalue weighted by atomic mass is 9.77. The van der Waals surface area contributed by atoms with Gasteiger partial charge in [0.25, 0.3) is 0 Å². The van der Waals surface area contributed by atoms with Gasteiger partial charge in [0.15, 0.2) is 6.17 Å². The molecule has 45 heavy (non-hydrogen) atoms. The number of nitrogen functional groups attached to an aromatic ring is 1. The van der Waals surface area contributed by atoms with Crippen molar-refractivity contribution in [3.05, 3.63) is 70.0 Å². The van der Waals surface area contributed by atoms with Crippen LogP contribution in [0.1, 0.15) is 100 Å². The van der Waals surface area contributed by atoms with Crippen molar-refractivity contribution in [3.8, 4) is 22.9 Å². The molecule has 0 amide bonds. The van der Waals surface area contributed by atoms with Gasteiger partial charge in [-0.05, 0) is 49.0 Å². The number of rotatable bonds is 13. The Balaban J connectivity index is 1.38. The summed E-state index contributed by atoms with van der Waals surface area (Å²) in [5.74, 6) is -2.24. The van der Waals surface area contributed by atoms with Crippen LogP contribution in [0.15, 0.2) is 48.8 Å². The molecule has 2 aromatic carbocycles. The molecule has 240 valence electrons. The molecule has 2 N–H and O–H groups in total. The summed E-state index contributed by atoms with van der Waals surface area (Å²) in [5.41, 5.74) is 7.36. The number of aromatic nitrogens is 2. The third kappa shape index (κ3) is 8.61. The van der Waals surface area contributed by atoms with Crippen molar-refractivity contribution in [1.29, 1.82) is 0 Å². The van der Waals surface area contributed by atoms with E-state index in [1.807, 2.05) is 12.1 Å². The molecule has 0 radical (unpaired) electrons. The van der Waals surface area contributed by atoms with Gasteiger partial charge in [0.05, 0.1) is 34.3 Å². The van der Waals surface area contributed by atoms with Crippen LogP contribution in [0.5, 0.6) is 11.6 Å². The van der Waals surface area contributed by atoms with E-state index in [9.17, 15) is 24.1 Å². The summed E-state index contributed by atoms with van der Waals surface area (Å²) in [6, 6.07) is 10.1. The molecule has 2 atom stereocenters. The quantitative estimate of drug-likeness (QED) is 0.0501. The van der Waals surface area contributed by atoms with Gasteiger partial charge in [-0.25, -0.2) is 23.9 Å². The number of nitrogens with two attached hydrogens (primary N) is 1. The summed E-state index contributed by atoms with van der Waals surface area (Å²) in [6.07, 6.45) is 11.4. The van der Waals surface area contributed by atoms with E-state index in [0.29, 0.717) is 18.0 Å². The molecule has 1 aliphatic rings. The Labute approximate surface area is 262 Å². The number of halogens is 1. The van der Waals surface area contributed by atoms with Crippen LogP contribution in [0.3, 0.4) is 0 Å². The van der Waals surface area contributed by atoms with Crippen LogP contribution in [-0.4, -0.2) is 33.0 Å². The van der Waals surface area contributed by atoms with E-state index < -0.39 is 40.4 Å². The average molecular weight is 621 g/mol. The summed E-state index contributed by atoms with van der Waals surface area (Å²) in [4.78, 5) is 44.3. The lowest BCUT2D eigenvalue weighted by Gasteiger charge is -2.29. The van der Waals surface area contributed by atoms with Crippen LogP contribution in [-0.2, 0) is 4.79 Å². The maximum absolute atomic E-state index is 14.3. The number of carbonyl (C=O) groups is 2. The van der Waals surface area contributed by atoms with Gasteiger partial charge in [0, 0.05) is 17.7 Å². The summed E-state index contributed by atoms with van der Waals surface area (Å²) in [5, 5.41) is 11.7. The molecule has 0 unspecified atom stereocenters. The first-order valence-corrected chi connectivity index (χ1v) is 15.7. The highest BCUT2D eigenvalue weighted by Gasteiger charge is 2.30. The van der Waals surface area contributed by atoms with Crippen molar-refractivity contribution in [2.45, 2.75) is 90.6 Å². The first-order chi connectivity index (χ1) is 21.6. The SMILES string of the molecule is CCCCCC1CCC(c2ccc(-c3cnc(OC(=O)c4cc([N+](=O)[O-])c(OC(=O)[C@@H](F)[C@@H](C)CC)cc4N)cn3)cc2)CC1. The molecule has 3 aromatic rings. The normalized spacial score (nSPS) is 17.7. The fraction of sp³-hybridized carbons (Fsp3) is 0.471. The maximum atomic E-state index is 14.3. The minimum absolute atomic E-state index is 0.137. The molecule has 0 bridgehead atoms. The molecule has 1 saturated carbocycles. The number of benzene rings is 2. The van der Waals surface area contributed by atoms with E-state index in [1.165, 1.54) is 76.2 Å². The van der Waals surface area contributed by atoms with Crippen molar-refractivity contribution in [2.75, 3.05) is 5.73 Å². The minimum atomic E-state index is -1.98. The second-order valence-electron chi connectivity index (χ2n) is 11.8. The molecule has 4 rings (SSSR count). The van der Waals surface area contributed by atoms with Gasteiger partial charge < -0.3 is 15.2 Å². The average Bonchev–Trinajstić information content (AvgIpc) is 3.04. The maximum Gasteiger partial charge on any atom is 0.347 e. The number of unbranched alkanes of at least 4 members (excludes halogenated alkanes) is 2. The Morgan fingerprint density at radius 3 is 2.36 bits per heavy atom. The van der Waals surface area contributed by atoms with Gasteiger partial charge in [-0.1, -0.05) is 77.1 Å². The lowest BCUT2D eigenvalue weighted by molar-refractivity contribution is -0.385. The largest absolute Gasteiger partial charge is 0.417 e. The molecular formula is C34H41FN4O6. The molecule has 0 spiro atoms. The zero-order chi connectivity index (χ0) is 32.5. The van der Waals surface area contributed by atoms with Crippen molar-refractivity contribution in [1.82, 2.24) is 9.97 Å². The third-order valence-corrected chi connectivity index (χ3v) is 8.69. The van der Waals surface area contributed by atoms with Crippen molar-refractivity contribution >= 4 is 23.3 Å². The molecule has 1 fully saturated rings. The molecule has 1 heterocycles. The number of nitro groups is 1. The fourth-order valence-corrected chi connectivity index (χ4v) is 5.65. The number of ether oxygens (including phenoxy) is 2. The highest BCUT2D eigenvalue weighted by atomic mass is 19.1. The smallest absolute Gasteiger partial charge is 0.347 e. The number of hydrogen-bond donors (Lipinski definition) is 1. The highest BCUT2D eigenvalue weighted by molar-refractivity contribution is 5.98. The minimum Gasteiger partial charge on any atom is -0.417 e. The van der Waals surface area contributed by atoms with E-state index in [-0.39, 0.29) is 17.1 Å². The Morgan fingerprint density at radius 1 is 1.04 bits per heavy atom. The van der Waals surface area contributed by atoms with Gasteiger partial charge in [-0.15, -0.1) is 0 Å². The second-order valence-corrected chi connectivity index (χ2v) is 11.8. The number of nitrogens with zero attached hydrogens (tertiary/aromatic N) is 3. The van der Waals surface area contributed by atoms with Gasteiger partial charge in [-0.2, -0.15) is 0 Å². The Morgan fingerprint density at radius 2 is 1.76 bits per heavy atom. The third-order valence-electron chi connectivity index (χ3n) is 8.69. The lowest BCUT2D eigenvalue weighted by Crippen LogP contribution is -2.28. The van der Waals surface area contributed by atoms with Gasteiger partial charge in [0.1, 0.15) is 0 Å². The topological polar surface area (TPSA) is 148 Å². The van der Waals surface area contributed by atoms with E-state index >= 15 is 0 Å². The van der Waals surface area contributed by atoms with Crippen LogP contribution < -0.4 is 15.2 Å². The number of carbonyl (C=O) groups excluding carboxylic acids is 2. The van der Waals surface area contributed by atoms with Gasteiger partial charge in [0.2, 0.25) is 11.6 Å². The Kier molecular flexibility index (Phi) is 11.6. The zero-order valence-corrected chi connectivity index (χ0v) is 26.0. The molecule has 0 aliphatic heterocycles. The van der Waals surface area contributed by atoms with Crippen LogP contribution in [0.2, 0.25) is 0 Å². The van der Waals surface area contributed by atoms with E-state index in [2.05, 4.69) is 29.0 Å². The molecule has 0 saturated heterocycles. The summed E-state index contributed by atoms with van der Waals surface area (Å²) < 4.78 is 24.5. The number of esters is 2. The fourth-order valence-electron chi connectivity index (χ4n) is 5.65. The van der Waals surface area contributed by atoms with Gasteiger partial charge in [-0.3, -0.25) is 10.1 Å². The van der Waals surface area contributed by atoms with Crippen molar-refractivity contribution in [2.24, 2.45) is 11.8 Å². The number of hydrogen-bond acceptors (Lipinski definition) is 9. The molecule has 11 heteroatoms. The van der Waals surface area contributed by atoms with Crippen molar-refractivity contribution in [3.63, 3.8) is 0 Å². The monoisotopic (exact) mass is 620 g/mol. The Bertz CT molecular complexity index is 1470. The predicted octanol–water partition coefficient (Wildman–Crippen LogP) is 8.00. The number of nitro benzene ring substituents is 1. The van der Waals surface area contributed by atoms with Crippen LogP contribution in [0.4, 0.5) is 15.8 Å². The highest BCUT2D eigenvalue weighted by Crippen LogP contribution is 2.38. The first-order valence-electron chi connectivity index (χ1n) is 15.7. The predicted molar refractivity (Wildman–Crippen MR) is 169 cm³/mol. The standard InChI is InChI=1S/C34H41FN4O6/c1-4-6-7-8-22-9-11-23(12-10-22)24-13-15-25(16-14-24)28-19-38-31(20-37-28)45-33(40)26-17-29(39(42)43)30(18-27(26)36)44-34(41)32(35)21(3)5-2/h13-23,32H,4-12,36H2,1-3H3/t21-,22?,23?,32-/m0/s1. The van der Waals surface area contributed by atoms with E-state index in [0.717, 1.165) is 23.6 Å². The van der Waals surface area contributed by atoms with E-state index in [1.54, 1.807) is 6.92 Å². The first kappa shape index (κ1) is 33.5. The number of anilines is 1. The number of alkyl halides is 1. The molecule has 10 nitrogen and oxygen atoms in total. The molecular weight excluding hydrogens is 579 g/mol. The zero-order valence-electron chi connectivity index (χ0n) is 26.0. The Hall–Kier alpha value is -4.41. The summed E-state index contributed by atoms with van der Waals surface area (Å²) in [7, 11) is 0. The summed E-state index contributed by atoms with van der Waals surface area (Å²) >= 11 is 0. The van der Waals surface area contributed by atoms with Crippen LogP contribution in [0.25, 0.3) is 11.3 Å². The van der Waals surface area contributed by atoms with Crippen LogP contribution >= 0.6 is 0 Å². The van der Waals surface area contributed by atoms with Crippen molar-refractivity contribution < 1.29 is 28.4 Å². The molecule has 1 aliphatic carbocycles.